The number of alkyl halides is 3. The number of methoxy groups -OCH3 is 2. The number of fused-ring (bicyclic) bond motifs is 1. The van der Waals surface area contributed by atoms with Gasteiger partial charge in [-0.3, -0.25) is 4.79 Å². The number of hydrogen-bond donors (Lipinski definition) is 0. The Labute approximate surface area is 198 Å². The molecule has 0 N–H and O–H groups in total. The number of nitrogens with zero attached hydrogens (tertiary/aromatic N) is 2. The van der Waals surface area contributed by atoms with E-state index in [-0.39, 0.29) is 16.3 Å². The van der Waals surface area contributed by atoms with E-state index in [0.29, 0.717) is 29.8 Å². The molecule has 34 heavy (non-hydrogen) atoms. The summed E-state index contributed by atoms with van der Waals surface area (Å²) in [5, 5.41) is 4.14. The van der Waals surface area contributed by atoms with Crippen LogP contribution in [0, 0.1) is 0 Å². The Bertz CT molecular complexity index is 1280. The Morgan fingerprint density at radius 2 is 1.82 bits per heavy atom. The fraction of sp³-hybridized carbons (Fsp3) is 0.292. The number of hydrogen-bond acceptors (Lipinski definition) is 5. The lowest BCUT2D eigenvalue weighted by atomic mass is 9.93. The summed E-state index contributed by atoms with van der Waals surface area (Å²) in [6.45, 7) is 0. The molecule has 2 aromatic carbocycles. The first-order chi connectivity index (χ1) is 16.2. The highest BCUT2D eigenvalue weighted by molar-refractivity contribution is 6.34. The van der Waals surface area contributed by atoms with Crippen LogP contribution >= 0.6 is 11.6 Å². The molecule has 0 unspecified atom stereocenters. The third-order valence-electron chi connectivity index (χ3n) is 5.79. The Morgan fingerprint density at radius 3 is 2.50 bits per heavy atom. The van der Waals surface area contributed by atoms with Gasteiger partial charge in [0.05, 0.1) is 41.8 Å². The van der Waals surface area contributed by atoms with Crippen LogP contribution in [0.3, 0.4) is 0 Å². The maximum absolute atomic E-state index is 13.6. The van der Waals surface area contributed by atoms with Crippen LogP contribution < -0.4 is 4.74 Å². The topological polar surface area (TPSA) is 70.4 Å². The molecule has 0 aliphatic heterocycles. The van der Waals surface area contributed by atoms with Crippen molar-refractivity contribution in [3.63, 3.8) is 0 Å². The number of carbonyl (C=O) groups excluding carboxylic acids is 2. The fourth-order valence-corrected chi connectivity index (χ4v) is 4.45. The van der Waals surface area contributed by atoms with Crippen molar-refractivity contribution in [2.24, 2.45) is 0 Å². The maximum Gasteiger partial charge on any atom is 0.417 e. The smallest absolute Gasteiger partial charge is 0.417 e. The van der Waals surface area contributed by atoms with E-state index in [1.165, 1.54) is 26.4 Å². The van der Waals surface area contributed by atoms with Gasteiger partial charge in [0.25, 0.3) is 5.91 Å². The van der Waals surface area contributed by atoms with Gasteiger partial charge < -0.3 is 9.47 Å². The molecule has 0 atom stereocenters. The van der Waals surface area contributed by atoms with Gasteiger partial charge in [0, 0.05) is 11.1 Å². The lowest BCUT2D eigenvalue weighted by molar-refractivity contribution is -0.137. The molecule has 0 bridgehead atoms. The second kappa shape index (κ2) is 9.13. The molecule has 0 saturated carbocycles. The second-order valence-electron chi connectivity index (χ2n) is 7.76. The number of rotatable bonds is 4. The van der Waals surface area contributed by atoms with E-state index in [4.69, 9.17) is 21.1 Å². The minimum absolute atomic E-state index is 0.212. The van der Waals surface area contributed by atoms with Crippen molar-refractivity contribution < 1.29 is 32.2 Å². The first-order valence-corrected chi connectivity index (χ1v) is 10.8. The number of benzene rings is 2. The first kappa shape index (κ1) is 23.8. The van der Waals surface area contributed by atoms with Crippen molar-refractivity contribution in [1.82, 2.24) is 9.78 Å². The molecule has 10 heteroatoms. The van der Waals surface area contributed by atoms with E-state index in [1.54, 1.807) is 12.1 Å². The predicted molar refractivity (Wildman–Crippen MR) is 118 cm³/mol. The quantitative estimate of drug-likeness (QED) is 0.444. The van der Waals surface area contributed by atoms with Gasteiger partial charge >= 0.3 is 12.1 Å². The van der Waals surface area contributed by atoms with Crippen LogP contribution in [0.25, 0.3) is 11.3 Å². The first-order valence-electron chi connectivity index (χ1n) is 10.4. The lowest BCUT2D eigenvalue weighted by Crippen LogP contribution is -2.22. The summed E-state index contributed by atoms with van der Waals surface area (Å²) in [7, 11) is 2.66. The number of carbonyl (C=O) groups is 2. The van der Waals surface area contributed by atoms with E-state index < -0.39 is 29.2 Å². The van der Waals surface area contributed by atoms with Crippen LogP contribution in [0.2, 0.25) is 5.02 Å². The van der Waals surface area contributed by atoms with Crippen LogP contribution in [0.15, 0.2) is 36.4 Å². The molecule has 6 nitrogen and oxygen atoms in total. The molecule has 1 aliphatic rings. The fourth-order valence-electron chi connectivity index (χ4n) is 4.20. The number of esters is 1. The molecular formula is C24H20ClF3N2O4. The standard InChI is InChI=1S/C24H20ClF3N2O4/c1-33-19-12-13(10-11-15(19)23(32)34-2)21-14-6-3-4-9-18(14)30(29-21)22(31)20-16(24(26,27)28)7-5-8-17(20)25/h5,7-8,10-12H,3-4,6,9H2,1-2H3. The van der Waals surface area contributed by atoms with Gasteiger partial charge in [-0.05, 0) is 49.9 Å². The molecule has 3 aromatic rings. The van der Waals surface area contributed by atoms with Gasteiger partial charge in [0.1, 0.15) is 11.3 Å². The minimum atomic E-state index is -4.76. The summed E-state index contributed by atoms with van der Waals surface area (Å²) in [4.78, 5) is 25.4. The predicted octanol–water partition coefficient (Wildman–Crippen LogP) is 5.58. The molecular weight excluding hydrogens is 473 g/mol. The van der Waals surface area contributed by atoms with Crippen molar-refractivity contribution in [2.75, 3.05) is 14.2 Å². The average Bonchev–Trinajstić information content (AvgIpc) is 3.21. The number of halogens is 4. The molecule has 0 spiro atoms. The largest absolute Gasteiger partial charge is 0.496 e. The highest BCUT2D eigenvalue weighted by Crippen LogP contribution is 2.38. The molecule has 4 rings (SSSR count). The van der Waals surface area contributed by atoms with E-state index in [0.717, 1.165) is 35.2 Å². The monoisotopic (exact) mass is 492 g/mol. The molecule has 1 aromatic heterocycles. The number of aromatic nitrogens is 2. The van der Waals surface area contributed by atoms with Gasteiger partial charge in [0.15, 0.2) is 0 Å². The zero-order valence-electron chi connectivity index (χ0n) is 18.3. The van der Waals surface area contributed by atoms with Crippen LogP contribution in [-0.2, 0) is 23.8 Å². The SMILES string of the molecule is COC(=O)c1ccc(-c2nn(C(=O)c3c(Cl)cccc3C(F)(F)F)c3c2CCCC3)cc1OC. The van der Waals surface area contributed by atoms with Crippen molar-refractivity contribution in [3.05, 3.63) is 69.4 Å². The third kappa shape index (κ3) is 4.16. The number of ether oxygens (including phenoxy) is 2. The van der Waals surface area contributed by atoms with Crippen LogP contribution in [0.5, 0.6) is 5.75 Å². The Morgan fingerprint density at radius 1 is 1.09 bits per heavy atom. The Kier molecular flexibility index (Phi) is 6.40. The summed E-state index contributed by atoms with van der Waals surface area (Å²) >= 11 is 6.07. The summed E-state index contributed by atoms with van der Waals surface area (Å²) < 4.78 is 52.0. The molecule has 1 aliphatic carbocycles. The van der Waals surface area contributed by atoms with Gasteiger partial charge in [0.2, 0.25) is 0 Å². The summed E-state index contributed by atoms with van der Waals surface area (Å²) in [6.07, 6.45) is -2.06. The zero-order valence-corrected chi connectivity index (χ0v) is 19.1. The molecule has 0 fully saturated rings. The van der Waals surface area contributed by atoms with Gasteiger partial charge in [-0.25, -0.2) is 4.79 Å². The minimum Gasteiger partial charge on any atom is -0.496 e. The highest BCUT2D eigenvalue weighted by Gasteiger charge is 2.38. The van der Waals surface area contributed by atoms with Crippen molar-refractivity contribution in [1.29, 1.82) is 0 Å². The average molecular weight is 493 g/mol. The molecule has 178 valence electrons. The van der Waals surface area contributed by atoms with Crippen LogP contribution in [-0.4, -0.2) is 35.9 Å². The van der Waals surface area contributed by atoms with E-state index in [1.807, 2.05) is 0 Å². The van der Waals surface area contributed by atoms with Crippen LogP contribution in [0.1, 0.15) is 50.4 Å². The lowest BCUT2D eigenvalue weighted by Gasteiger charge is -2.16. The van der Waals surface area contributed by atoms with Gasteiger partial charge in [-0.1, -0.05) is 23.7 Å². The van der Waals surface area contributed by atoms with Crippen molar-refractivity contribution in [3.8, 4) is 17.0 Å². The molecule has 0 saturated heterocycles. The van der Waals surface area contributed by atoms with E-state index >= 15 is 0 Å². The van der Waals surface area contributed by atoms with Crippen molar-refractivity contribution >= 4 is 23.5 Å². The summed E-state index contributed by atoms with van der Waals surface area (Å²) in [5.41, 5.74) is 0.781. The summed E-state index contributed by atoms with van der Waals surface area (Å²) in [5.74, 6) is -1.27. The van der Waals surface area contributed by atoms with Crippen molar-refractivity contribution in [2.45, 2.75) is 31.9 Å². The normalized spacial score (nSPS) is 13.4. The van der Waals surface area contributed by atoms with E-state index in [2.05, 4.69) is 5.10 Å². The molecule has 1 heterocycles. The zero-order chi connectivity index (χ0) is 24.6. The third-order valence-corrected chi connectivity index (χ3v) is 6.10. The summed E-state index contributed by atoms with van der Waals surface area (Å²) in [6, 6.07) is 7.98. The van der Waals surface area contributed by atoms with Gasteiger partial charge in [-0.15, -0.1) is 0 Å². The van der Waals surface area contributed by atoms with Crippen LogP contribution in [0.4, 0.5) is 13.2 Å². The molecule has 0 radical (unpaired) electrons. The Hall–Kier alpha value is -3.33. The second-order valence-corrected chi connectivity index (χ2v) is 8.17. The maximum atomic E-state index is 13.6. The van der Waals surface area contributed by atoms with Gasteiger partial charge in [-0.2, -0.15) is 23.0 Å². The Balaban J connectivity index is 1.88. The highest BCUT2D eigenvalue weighted by atomic mass is 35.5. The van der Waals surface area contributed by atoms with E-state index in [9.17, 15) is 22.8 Å². The molecule has 0 amide bonds.